The molecule has 0 aromatic carbocycles. The third-order valence-corrected chi connectivity index (χ3v) is 2.52. The maximum absolute atomic E-state index is 5.71. The van der Waals surface area contributed by atoms with E-state index >= 15 is 0 Å². The van der Waals surface area contributed by atoms with Crippen LogP contribution < -0.4 is 10.1 Å². The molecule has 2 rings (SSSR count). The molecular weight excluding hydrogens is 230 g/mol. The molecule has 0 fully saturated rings. The summed E-state index contributed by atoms with van der Waals surface area (Å²) in [5, 5.41) is 3.07. The molecule has 0 radical (unpaired) electrons. The highest BCUT2D eigenvalue weighted by atomic mass is 16.5. The van der Waals surface area contributed by atoms with Crippen LogP contribution in [0.5, 0.6) is 5.88 Å². The molecule has 0 unspecified atom stereocenters. The van der Waals surface area contributed by atoms with Gasteiger partial charge in [-0.15, -0.1) is 0 Å². The van der Waals surface area contributed by atoms with Gasteiger partial charge in [0.2, 0.25) is 11.8 Å². The first-order chi connectivity index (χ1) is 8.70. The molecule has 98 valence electrons. The van der Waals surface area contributed by atoms with Gasteiger partial charge in [-0.2, -0.15) is 9.97 Å². The lowest BCUT2D eigenvalue weighted by atomic mass is 10.1. The first-order valence-corrected chi connectivity index (χ1v) is 6.28. The Kier molecular flexibility index (Phi) is 3.96. The predicted molar refractivity (Wildman–Crippen MR) is 70.8 cm³/mol. The highest BCUT2D eigenvalue weighted by Gasteiger charge is 2.10. The molecular formula is C12H19N5O. The van der Waals surface area contributed by atoms with Crippen LogP contribution in [0.4, 0.5) is 5.95 Å². The summed E-state index contributed by atoms with van der Waals surface area (Å²) in [5.74, 6) is 1.73. The number of aromatic amines is 1. The van der Waals surface area contributed by atoms with Crippen LogP contribution in [0.3, 0.4) is 0 Å². The molecule has 0 aliphatic rings. The fourth-order valence-corrected chi connectivity index (χ4v) is 1.54. The van der Waals surface area contributed by atoms with E-state index in [2.05, 4.69) is 39.1 Å². The molecule has 0 atom stereocenters. The third-order valence-electron chi connectivity index (χ3n) is 2.52. The highest BCUT2D eigenvalue weighted by molar-refractivity contribution is 5.76. The van der Waals surface area contributed by atoms with Crippen molar-refractivity contribution in [1.82, 2.24) is 19.9 Å². The lowest BCUT2D eigenvalue weighted by Gasteiger charge is -2.09. The number of hydrogen-bond acceptors (Lipinski definition) is 5. The first kappa shape index (κ1) is 12.6. The van der Waals surface area contributed by atoms with Gasteiger partial charge < -0.3 is 15.0 Å². The normalized spacial score (nSPS) is 11.1. The van der Waals surface area contributed by atoms with Gasteiger partial charge in [0.15, 0.2) is 5.65 Å². The lowest BCUT2D eigenvalue weighted by Crippen LogP contribution is -2.07. The van der Waals surface area contributed by atoms with Crippen molar-refractivity contribution in [3.63, 3.8) is 0 Å². The number of ether oxygens (including phenoxy) is 1. The molecule has 0 saturated heterocycles. The van der Waals surface area contributed by atoms with E-state index in [9.17, 15) is 0 Å². The van der Waals surface area contributed by atoms with E-state index in [0.29, 0.717) is 30.0 Å². The Morgan fingerprint density at radius 1 is 1.39 bits per heavy atom. The van der Waals surface area contributed by atoms with Gasteiger partial charge >= 0.3 is 0 Å². The summed E-state index contributed by atoms with van der Waals surface area (Å²) in [6, 6.07) is 0. The summed E-state index contributed by atoms with van der Waals surface area (Å²) in [5.41, 5.74) is 1.38. The van der Waals surface area contributed by atoms with Gasteiger partial charge in [0.1, 0.15) is 5.52 Å². The molecule has 2 aromatic heterocycles. The average Bonchev–Trinajstić information content (AvgIpc) is 2.77. The highest BCUT2D eigenvalue weighted by Crippen LogP contribution is 2.21. The second-order valence-electron chi connectivity index (χ2n) is 4.51. The fraction of sp³-hybridized carbons (Fsp3) is 0.583. The van der Waals surface area contributed by atoms with Crippen LogP contribution in [0.15, 0.2) is 6.33 Å². The minimum atomic E-state index is 0.552. The molecule has 2 aromatic rings. The van der Waals surface area contributed by atoms with Crippen LogP contribution in [0.25, 0.3) is 11.2 Å². The van der Waals surface area contributed by atoms with Crippen molar-refractivity contribution in [3.8, 4) is 5.88 Å². The smallest absolute Gasteiger partial charge is 0.245 e. The number of hydrogen-bond donors (Lipinski definition) is 2. The zero-order chi connectivity index (χ0) is 13.0. The van der Waals surface area contributed by atoms with Crippen molar-refractivity contribution in [2.24, 2.45) is 5.92 Å². The van der Waals surface area contributed by atoms with Gasteiger partial charge in [0.25, 0.3) is 0 Å². The van der Waals surface area contributed by atoms with Crippen LogP contribution in [0.2, 0.25) is 0 Å². The second kappa shape index (κ2) is 5.66. The lowest BCUT2D eigenvalue weighted by molar-refractivity contribution is 0.282. The van der Waals surface area contributed by atoms with Crippen molar-refractivity contribution >= 4 is 17.1 Å². The number of anilines is 1. The predicted octanol–water partition coefficient (Wildman–Crippen LogP) is 2.21. The fourth-order valence-electron chi connectivity index (χ4n) is 1.54. The van der Waals surface area contributed by atoms with Crippen molar-refractivity contribution in [1.29, 1.82) is 0 Å². The minimum Gasteiger partial charge on any atom is -0.476 e. The Balaban J connectivity index is 2.20. The number of H-pyrrole nitrogens is 1. The van der Waals surface area contributed by atoms with E-state index in [1.54, 1.807) is 6.33 Å². The maximum atomic E-state index is 5.71. The number of fused-ring (bicyclic) bond motifs is 1. The van der Waals surface area contributed by atoms with Crippen LogP contribution in [0.1, 0.15) is 27.2 Å². The van der Waals surface area contributed by atoms with Gasteiger partial charge in [0.05, 0.1) is 12.9 Å². The monoisotopic (exact) mass is 249 g/mol. The number of imidazole rings is 1. The quantitative estimate of drug-likeness (QED) is 0.821. The standard InChI is InChI=1S/C12H19N5O/c1-4-13-12-16-10-9(14-7-15-10)11(17-12)18-6-5-8(2)3/h7-8H,4-6H2,1-3H3,(H2,13,14,15,16,17). The van der Waals surface area contributed by atoms with Crippen molar-refractivity contribution < 1.29 is 4.74 Å². The third kappa shape index (κ3) is 2.88. The van der Waals surface area contributed by atoms with E-state index in [0.717, 1.165) is 18.5 Å². The molecule has 0 bridgehead atoms. The van der Waals surface area contributed by atoms with Crippen LogP contribution in [0, 0.1) is 5.92 Å². The van der Waals surface area contributed by atoms with E-state index < -0.39 is 0 Å². The SMILES string of the molecule is CCNc1nc(OCCC(C)C)c2[nH]cnc2n1. The minimum absolute atomic E-state index is 0.552. The Morgan fingerprint density at radius 2 is 2.22 bits per heavy atom. The molecule has 18 heavy (non-hydrogen) atoms. The maximum Gasteiger partial charge on any atom is 0.245 e. The van der Waals surface area contributed by atoms with E-state index in [4.69, 9.17) is 4.74 Å². The van der Waals surface area contributed by atoms with Crippen LogP contribution >= 0.6 is 0 Å². The van der Waals surface area contributed by atoms with Gasteiger partial charge in [0, 0.05) is 6.54 Å². The topological polar surface area (TPSA) is 75.7 Å². The number of nitrogens with zero attached hydrogens (tertiary/aromatic N) is 3. The summed E-state index contributed by atoms with van der Waals surface area (Å²) in [4.78, 5) is 15.8. The molecule has 2 N–H and O–H groups in total. The largest absolute Gasteiger partial charge is 0.476 e. The Bertz CT molecular complexity index is 508. The second-order valence-corrected chi connectivity index (χ2v) is 4.51. The molecule has 0 aliphatic heterocycles. The average molecular weight is 249 g/mol. The van der Waals surface area contributed by atoms with E-state index in [-0.39, 0.29) is 0 Å². The van der Waals surface area contributed by atoms with Crippen molar-refractivity contribution in [2.45, 2.75) is 27.2 Å². The zero-order valence-corrected chi connectivity index (χ0v) is 11.0. The summed E-state index contributed by atoms with van der Waals surface area (Å²) in [6.45, 7) is 7.74. The first-order valence-electron chi connectivity index (χ1n) is 6.28. The molecule has 2 heterocycles. The van der Waals surface area contributed by atoms with Gasteiger partial charge in [-0.25, -0.2) is 4.98 Å². The molecule has 0 amide bonds. The van der Waals surface area contributed by atoms with Crippen molar-refractivity contribution in [3.05, 3.63) is 6.33 Å². The van der Waals surface area contributed by atoms with E-state index in [1.165, 1.54) is 0 Å². The molecule has 6 nitrogen and oxygen atoms in total. The van der Waals surface area contributed by atoms with Gasteiger partial charge in [-0.1, -0.05) is 13.8 Å². The molecule has 0 aliphatic carbocycles. The zero-order valence-electron chi connectivity index (χ0n) is 11.0. The van der Waals surface area contributed by atoms with E-state index in [1.807, 2.05) is 6.92 Å². The number of nitrogens with one attached hydrogen (secondary N) is 2. The van der Waals surface area contributed by atoms with Crippen molar-refractivity contribution in [2.75, 3.05) is 18.5 Å². The molecule has 6 heteroatoms. The Morgan fingerprint density at radius 3 is 2.94 bits per heavy atom. The van der Waals surface area contributed by atoms with Gasteiger partial charge in [-0.3, -0.25) is 0 Å². The summed E-state index contributed by atoms with van der Waals surface area (Å²) in [7, 11) is 0. The molecule has 0 saturated carbocycles. The van der Waals surface area contributed by atoms with Crippen LogP contribution in [-0.4, -0.2) is 33.1 Å². The summed E-state index contributed by atoms with van der Waals surface area (Å²) >= 11 is 0. The summed E-state index contributed by atoms with van der Waals surface area (Å²) < 4.78 is 5.71. The number of aromatic nitrogens is 4. The molecule has 0 spiro atoms. The Hall–Kier alpha value is -1.85. The summed E-state index contributed by atoms with van der Waals surface area (Å²) in [6.07, 6.45) is 2.60. The Labute approximate surface area is 106 Å². The van der Waals surface area contributed by atoms with Crippen LogP contribution in [-0.2, 0) is 0 Å². The van der Waals surface area contributed by atoms with Gasteiger partial charge in [-0.05, 0) is 19.3 Å². The number of rotatable bonds is 6.